The van der Waals surface area contributed by atoms with Gasteiger partial charge < -0.3 is 33.9 Å². The van der Waals surface area contributed by atoms with Crippen LogP contribution in [0.4, 0.5) is 5.69 Å². The van der Waals surface area contributed by atoms with Crippen LogP contribution in [-0.2, 0) is 25.6 Å². The molecule has 39 heavy (non-hydrogen) atoms. The maximum atomic E-state index is 12.3. The Morgan fingerprint density at radius 3 is 2.69 bits per heavy atom. The molecule has 0 aliphatic carbocycles. The molecule has 0 spiro atoms. The number of carbonyl (C=O) groups is 1. The number of esters is 1. The first-order valence-electron chi connectivity index (χ1n) is 14.1. The SMILES string of the molecule is CCC(C[C@@H]1C[C@H](c2ccc(OC)cc2)[C@@H](OCc2ccc3c(c2)N(CCCOC)CCO3)CN1)C(=O)OC. The lowest BCUT2D eigenvalue weighted by Crippen LogP contribution is -2.48. The second kappa shape index (κ2) is 14.5. The van der Waals surface area contributed by atoms with Gasteiger partial charge in [-0.15, -0.1) is 0 Å². The number of piperidine rings is 1. The molecule has 2 aromatic rings. The Kier molecular flexibility index (Phi) is 10.9. The number of nitrogens with zero attached hydrogens (tertiary/aromatic N) is 1. The third-order valence-corrected chi connectivity index (χ3v) is 7.96. The van der Waals surface area contributed by atoms with Crippen LogP contribution in [0.25, 0.3) is 0 Å². The summed E-state index contributed by atoms with van der Waals surface area (Å²) < 4.78 is 28.2. The minimum Gasteiger partial charge on any atom is -0.497 e. The molecule has 0 amide bonds. The Labute approximate surface area is 232 Å². The molecule has 2 aliphatic heterocycles. The summed E-state index contributed by atoms with van der Waals surface area (Å²) in [6.07, 6.45) is 3.38. The van der Waals surface area contributed by atoms with Crippen molar-refractivity contribution in [3.8, 4) is 11.5 Å². The fourth-order valence-electron chi connectivity index (χ4n) is 5.71. The normalized spacial score (nSPS) is 21.5. The summed E-state index contributed by atoms with van der Waals surface area (Å²) in [5, 5.41) is 3.66. The third-order valence-electron chi connectivity index (χ3n) is 7.96. The Morgan fingerprint density at radius 2 is 1.97 bits per heavy atom. The van der Waals surface area contributed by atoms with Gasteiger partial charge in [0.15, 0.2) is 0 Å². The molecule has 0 saturated carbocycles. The van der Waals surface area contributed by atoms with Gasteiger partial charge in [0, 0.05) is 38.8 Å². The van der Waals surface area contributed by atoms with Crippen LogP contribution >= 0.6 is 0 Å². The summed E-state index contributed by atoms with van der Waals surface area (Å²) in [5.41, 5.74) is 3.48. The monoisotopic (exact) mass is 540 g/mol. The van der Waals surface area contributed by atoms with E-state index < -0.39 is 0 Å². The van der Waals surface area contributed by atoms with E-state index >= 15 is 0 Å². The molecular formula is C31H44N2O6. The number of hydrogen-bond donors (Lipinski definition) is 1. The highest BCUT2D eigenvalue weighted by Gasteiger charge is 2.34. The number of fused-ring (bicyclic) bond motifs is 1. The number of nitrogens with one attached hydrogen (secondary N) is 1. The van der Waals surface area contributed by atoms with Crippen LogP contribution in [0.2, 0.25) is 0 Å². The van der Waals surface area contributed by atoms with Gasteiger partial charge in [-0.1, -0.05) is 25.1 Å². The summed E-state index contributed by atoms with van der Waals surface area (Å²) in [6.45, 7) is 6.53. The topological polar surface area (TPSA) is 78.5 Å². The Balaban J connectivity index is 1.46. The van der Waals surface area contributed by atoms with Crippen LogP contribution in [0.5, 0.6) is 11.5 Å². The molecule has 4 atom stereocenters. The van der Waals surface area contributed by atoms with Crippen molar-refractivity contribution in [1.29, 1.82) is 0 Å². The maximum absolute atomic E-state index is 12.3. The van der Waals surface area contributed by atoms with E-state index in [1.807, 2.05) is 19.1 Å². The van der Waals surface area contributed by atoms with Gasteiger partial charge in [-0.05, 0) is 61.1 Å². The number of benzene rings is 2. The molecule has 4 rings (SSSR count). The molecule has 8 heteroatoms. The zero-order chi connectivity index (χ0) is 27.6. The number of anilines is 1. The zero-order valence-corrected chi connectivity index (χ0v) is 23.8. The quantitative estimate of drug-likeness (QED) is 0.293. The van der Waals surface area contributed by atoms with Crippen molar-refractivity contribution in [2.45, 2.75) is 57.3 Å². The van der Waals surface area contributed by atoms with E-state index in [4.69, 9.17) is 23.7 Å². The summed E-state index contributed by atoms with van der Waals surface area (Å²) in [7, 11) is 4.89. The summed E-state index contributed by atoms with van der Waals surface area (Å²) >= 11 is 0. The van der Waals surface area contributed by atoms with Crippen molar-refractivity contribution in [2.75, 3.05) is 59.1 Å². The molecule has 2 heterocycles. The zero-order valence-electron chi connectivity index (χ0n) is 23.8. The van der Waals surface area contributed by atoms with E-state index in [1.165, 1.54) is 12.7 Å². The highest BCUT2D eigenvalue weighted by Crippen LogP contribution is 2.36. The lowest BCUT2D eigenvalue weighted by Gasteiger charge is -2.38. The van der Waals surface area contributed by atoms with Crippen molar-refractivity contribution < 1.29 is 28.5 Å². The number of rotatable bonds is 13. The van der Waals surface area contributed by atoms with Crippen molar-refractivity contribution in [3.05, 3.63) is 53.6 Å². The number of carbonyl (C=O) groups excluding carboxylic acids is 1. The van der Waals surface area contributed by atoms with E-state index in [2.05, 4.69) is 40.5 Å². The average molecular weight is 541 g/mol. The van der Waals surface area contributed by atoms with Gasteiger partial charge in [0.2, 0.25) is 0 Å². The molecule has 0 bridgehead atoms. The molecule has 1 fully saturated rings. The van der Waals surface area contributed by atoms with E-state index in [1.54, 1.807) is 14.2 Å². The highest BCUT2D eigenvalue weighted by molar-refractivity contribution is 5.72. The average Bonchev–Trinajstić information content (AvgIpc) is 2.99. The summed E-state index contributed by atoms with van der Waals surface area (Å²) in [6, 6.07) is 14.9. The highest BCUT2D eigenvalue weighted by atomic mass is 16.5. The molecule has 1 unspecified atom stereocenters. The first-order valence-corrected chi connectivity index (χ1v) is 14.1. The number of hydrogen-bond acceptors (Lipinski definition) is 8. The molecule has 0 radical (unpaired) electrons. The summed E-state index contributed by atoms with van der Waals surface area (Å²) in [5.74, 6) is 1.72. The molecule has 2 aliphatic rings. The van der Waals surface area contributed by atoms with Crippen LogP contribution in [0.15, 0.2) is 42.5 Å². The van der Waals surface area contributed by atoms with Gasteiger partial charge in [0.1, 0.15) is 18.1 Å². The second-order valence-electron chi connectivity index (χ2n) is 10.4. The molecular weight excluding hydrogens is 496 g/mol. The van der Waals surface area contributed by atoms with E-state index in [0.29, 0.717) is 13.2 Å². The minimum atomic E-state index is -0.133. The third kappa shape index (κ3) is 7.65. The second-order valence-corrected chi connectivity index (χ2v) is 10.4. The first kappa shape index (κ1) is 29.2. The predicted octanol–water partition coefficient (Wildman–Crippen LogP) is 4.55. The molecule has 1 saturated heterocycles. The Morgan fingerprint density at radius 1 is 1.15 bits per heavy atom. The smallest absolute Gasteiger partial charge is 0.308 e. The van der Waals surface area contributed by atoms with Gasteiger partial charge in [-0.25, -0.2) is 0 Å². The largest absolute Gasteiger partial charge is 0.497 e. The number of methoxy groups -OCH3 is 3. The fourth-order valence-corrected chi connectivity index (χ4v) is 5.71. The van der Waals surface area contributed by atoms with Gasteiger partial charge in [-0.3, -0.25) is 4.79 Å². The van der Waals surface area contributed by atoms with Crippen molar-refractivity contribution in [1.82, 2.24) is 5.32 Å². The molecule has 1 N–H and O–H groups in total. The molecule has 8 nitrogen and oxygen atoms in total. The predicted molar refractivity (Wildman–Crippen MR) is 152 cm³/mol. The minimum absolute atomic E-state index is 0.00191. The van der Waals surface area contributed by atoms with Crippen molar-refractivity contribution >= 4 is 11.7 Å². The van der Waals surface area contributed by atoms with Crippen molar-refractivity contribution in [2.24, 2.45) is 5.92 Å². The standard InChI is InChI=1S/C31H44N2O6/c1-5-23(31(34)37-4)18-25-19-27(24-8-10-26(36-3)11-9-24)30(20-32-25)39-21-22-7-12-29-28(17-22)33(14-16-38-29)13-6-15-35-2/h7-12,17,23,25,27,30,32H,5-6,13-16,18-21H2,1-4H3/t23?,25-,27-,30+/m1/s1. The molecule has 214 valence electrons. The molecule has 0 aromatic heterocycles. The Hall–Kier alpha value is -2.81. The lowest BCUT2D eigenvalue weighted by molar-refractivity contribution is -0.146. The van der Waals surface area contributed by atoms with Gasteiger partial charge in [0.05, 0.1) is 45.1 Å². The van der Waals surface area contributed by atoms with E-state index in [9.17, 15) is 4.79 Å². The van der Waals surface area contributed by atoms with Crippen LogP contribution in [-0.4, -0.2) is 72.3 Å². The van der Waals surface area contributed by atoms with Crippen molar-refractivity contribution in [3.63, 3.8) is 0 Å². The van der Waals surface area contributed by atoms with Gasteiger partial charge in [0.25, 0.3) is 0 Å². The Bertz CT molecular complexity index is 1050. The van der Waals surface area contributed by atoms with Gasteiger partial charge in [-0.2, -0.15) is 0 Å². The first-order chi connectivity index (χ1) is 19.1. The fraction of sp³-hybridized carbons (Fsp3) is 0.581. The van der Waals surface area contributed by atoms with Crippen LogP contribution < -0.4 is 19.7 Å². The number of ether oxygens (including phenoxy) is 5. The van der Waals surface area contributed by atoms with Crippen LogP contribution in [0.3, 0.4) is 0 Å². The van der Waals surface area contributed by atoms with E-state index in [-0.39, 0.29) is 30.0 Å². The maximum Gasteiger partial charge on any atom is 0.308 e. The van der Waals surface area contributed by atoms with Gasteiger partial charge >= 0.3 is 5.97 Å². The molecule has 2 aromatic carbocycles. The summed E-state index contributed by atoms with van der Waals surface area (Å²) in [4.78, 5) is 14.6. The lowest BCUT2D eigenvalue weighted by atomic mass is 9.81. The van der Waals surface area contributed by atoms with E-state index in [0.717, 1.165) is 74.7 Å². The van der Waals surface area contributed by atoms with Crippen LogP contribution in [0.1, 0.15) is 49.7 Å². The van der Waals surface area contributed by atoms with Crippen LogP contribution in [0, 0.1) is 5.92 Å².